The Balaban J connectivity index is 1.48. The van der Waals surface area contributed by atoms with Crippen LogP contribution in [0.1, 0.15) is 15.4 Å². The van der Waals surface area contributed by atoms with Crippen LogP contribution in [0.2, 0.25) is 0 Å². The number of nitro benzene ring substituents is 1. The number of nitrogens with zero attached hydrogens (tertiary/aromatic N) is 3. The number of hydrogen-bond donors (Lipinski definition) is 1. The summed E-state index contributed by atoms with van der Waals surface area (Å²) in [5, 5.41) is 15.6. The zero-order valence-electron chi connectivity index (χ0n) is 15.8. The molecule has 0 unspecified atom stereocenters. The third-order valence-electron chi connectivity index (χ3n) is 4.43. The first-order valence-corrected chi connectivity index (χ1v) is 9.70. The molecule has 0 fully saturated rings. The number of nitro groups is 1. The lowest BCUT2D eigenvalue weighted by molar-refractivity contribution is -0.384. The van der Waals surface area contributed by atoms with Crippen LogP contribution in [0.5, 0.6) is 5.75 Å². The van der Waals surface area contributed by atoms with Crippen molar-refractivity contribution in [2.24, 2.45) is 5.10 Å². The Kier molecular flexibility index (Phi) is 5.27. The van der Waals surface area contributed by atoms with Crippen molar-refractivity contribution in [1.82, 2.24) is 9.99 Å². The predicted molar refractivity (Wildman–Crippen MR) is 116 cm³/mol. The number of aromatic nitrogens is 1. The molecule has 0 aliphatic heterocycles. The van der Waals surface area contributed by atoms with Crippen molar-refractivity contribution in [3.63, 3.8) is 0 Å². The SMILES string of the molecule is COc1ccc(-n2cccc2/C=N\NC(=O)c2cc3cc([N+](=O)[O-])ccc3s2)cc1. The molecule has 0 saturated heterocycles. The molecule has 9 heteroatoms. The summed E-state index contributed by atoms with van der Waals surface area (Å²) < 4.78 is 7.89. The number of non-ortho nitro benzene ring substituents is 1. The van der Waals surface area contributed by atoms with Crippen LogP contribution in [-0.2, 0) is 0 Å². The van der Waals surface area contributed by atoms with Crippen molar-refractivity contribution in [3.05, 3.63) is 87.5 Å². The third kappa shape index (κ3) is 3.91. The lowest BCUT2D eigenvalue weighted by atomic mass is 10.2. The van der Waals surface area contributed by atoms with E-state index in [4.69, 9.17) is 4.74 Å². The van der Waals surface area contributed by atoms with Gasteiger partial charge in [0.1, 0.15) is 5.75 Å². The molecule has 1 amide bonds. The molecule has 0 aliphatic carbocycles. The van der Waals surface area contributed by atoms with Gasteiger partial charge in [-0.1, -0.05) is 0 Å². The van der Waals surface area contributed by atoms with Gasteiger partial charge in [0.2, 0.25) is 0 Å². The molecule has 0 aliphatic rings. The first-order chi connectivity index (χ1) is 14.5. The van der Waals surface area contributed by atoms with Crippen LogP contribution in [0, 0.1) is 10.1 Å². The van der Waals surface area contributed by atoms with Gasteiger partial charge in [-0.25, -0.2) is 5.43 Å². The Morgan fingerprint density at radius 2 is 2.00 bits per heavy atom. The molecule has 0 spiro atoms. The highest BCUT2D eigenvalue weighted by atomic mass is 32.1. The van der Waals surface area contributed by atoms with Crippen molar-refractivity contribution in [2.45, 2.75) is 0 Å². The van der Waals surface area contributed by atoms with Crippen LogP contribution in [-0.4, -0.2) is 28.7 Å². The molecule has 4 aromatic rings. The molecule has 0 saturated carbocycles. The molecule has 4 rings (SSSR count). The zero-order valence-corrected chi connectivity index (χ0v) is 16.6. The summed E-state index contributed by atoms with van der Waals surface area (Å²) in [6.45, 7) is 0. The van der Waals surface area contributed by atoms with Crippen LogP contribution in [0.3, 0.4) is 0 Å². The van der Waals surface area contributed by atoms with Gasteiger partial charge < -0.3 is 9.30 Å². The normalized spacial score (nSPS) is 11.1. The van der Waals surface area contributed by atoms with E-state index in [0.29, 0.717) is 10.3 Å². The number of carbonyl (C=O) groups is 1. The predicted octanol–water partition coefficient (Wildman–Crippen LogP) is 4.37. The van der Waals surface area contributed by atoms with Crippen molar-refractivity contribution in [3.8, 4) is 11.4 Å². The average molecular weight is 420 g/mol. The Hall–Kier alpha value is -3.98. The summed E-state index contributed by atoms with van der Waals surface area (Å²) in [7, 11) is 1.61. The van der Waals surface area contributed by atoms with Crippen LogP contribution in [0.25, 0.3) is 15.8 Å². The number of thiophene rings is 1. The maximum Gasteiger partial charge on any atom is 0.281 e. The average Bonchev–Trinajstić information content (AvgIpc) is 3.40. The molecule has 2 aromatic carbocycles. The lowest BCUT2D eigenvalue weighted by Gasteiger charge is -2.07. The maximum absolute atomic E-state index is 12.4. The van der Waals surface area contributed by atoms with E-state index in [2.05, 4.69) is 10.5 Å². The number of amides is 1. The standard InChI is InChI=1S/C21H16N4O4S/c1-29-18-7-4-15(5-8-18)24-10-2-3-17(24)13-22-23-21(26)20-12-14-11-16(25(27)28)6-9-19(14)30-20/h2-13H,1H3,(H,23,26)/b22-13-. The highest BCUT2D eigenvalue weighted by Crippen LogP contribution is 2.28. The second-order valence-electron chi connectivity index (χ2n) is 6.29. The summed E-state index contributed by atoms with van der Waals surface area (Å²) >= 11 is 1.25. The minimum Gasteiger partial charge on any atom is -0.497 e. The highest BCUT2D eigenvalue weighted by molar-refractivity contribution is 7.20. The van der Waals surface area contributed by atoms with E-state index in [1.807, 2.05) is 47.2 Å². The molecule has 2 heterocycles. The summed E-state index contributed by atoms with van der Waals surface area (Å²) in [5.41, 5.74) is 4.21. The fourth-order valence-corrected chi connectivity index (χ4v) is 3.88. The zero-order chi connectivity index (χ0) is 21.1. The number of rotatable bonds is 6. The first kappa shape index (κ1) is 19.3. The van der Waals surface area contributed by atoms with E-state index in [9.17, 15) is 14.9 Å². The maximum atomic E-state index is 12.4. The molecule has 0 atom stereocenters. The molecule has 2 aromatic heterocycles. The van der Waals surface area contributed by atoms with Gasteiger partial charge in [-0.05, 0) is 48.5 Å². The number of nitrogens with one attached hydrogen (secondary N) is 1. The van der Waals surface area contributed by atoms with Gasteiger partial charge in [0.05, 0.1) is 28.8 Å². The summed E-state index contributed by atoms with van der Waals surface area (Å²) in [6, 6.07) is 17.5. The quantitative estimate of drug-likeness (QED) is 0.284. The van der Waals surface area contributed by atoms with E-state index in [0.717, 1.165) is 21.8 Å². The second kappa shape index (κ2) is 8.18. The highest BCUT2D eigenvalue weighted by Gasteiger charge is 2.13. The summed E-state index contributed by atoms with van der Waals surface area (Å²) in [5.74, 6) is 0.389. The number of methoxy groups -OCH3 is 1. The largest absolute Gasteiger partial charge is 0.497 e. The fraction of sp³-hybridized carbons (Fsp3) is 0.0476. The Labute approximate surface area is 175 Å². The van der Waals surface area contributed by atoms with Crippen LogP contribution in [0.4, 0.5) is 5.69 Å². The van der Waals surface area contributed by atoms with E-state index < -0.39 is 4.92 Å². The molecular formula is C21H16N4O4S. The second-order valence-corrected chi connectivity index (χ2v) is 7.37. The molecule has 8 nitrogen and oxygen atoms in total. The van der Waals surface area contributed by atoms with Crippen molar-refractivity contribution in [2.75, 3.05) is 7.11 Å². The van der Waals surface area contributed by atoms with Gasteiger partial charge in [0, 0.05) is 34.1 Å². The molecule has 0 bridgehead atoms. The fourth-order valence-electron chi connectivity index (χ4n) is 2.95. The van der Waals surface area contributed by atoms with E-state index in [-0.39, 0.29) is 11.6 Å². The molecular weight excluding hydrogens is 404 g/mol. The Morgan fingerprint density at radius 3 is 2.73 bits per heavy atom. The van der Waals surface area contributed by atoms with Gasteiger partial charge in [0.25, 0.3) is 11.6 Å². The van der Waals surface area contributed by atoms with Gasteiger partial charge in [-0.3, -0.25) is 14.9 Å². The molecule has 0 radical (unpaired) electrons. The Morgan fingerprint density at radius 1 is 1.20 bits per heavy atom. The van der Waals surface area contributed by atoms with Gasteiger partial charge in [-0.15, -0.1) is 11.3 Å². The van der Waals surface area contributed by atoms with Gasteiger partial charge in [0.15, 0.2) is 0 Å². The number of fused-ring (bicyclic) bond motifs is 1. The van der Waals surface area contributed by atoms with E-state index >= 15 is 0 Å². The minimum atomic E-state index is -0.459. The number of carbonyl (C=O) groups excluding carboxylic acids is 1. The number of hydrogen-bond acceptors (Lipinski definition) is 6. The van der Waals surface area contributed by atoms with Crippen LogP contribution in [0.15, 0.2) is 72.0 Å². The lowest BCUT2D eigenvalue weighted by Crippen LogP contribution is -2.16. The van der Waals surface area contributed by atoms with E-state index in [1.54, 1.807) is 25.5 Å². The van der Waals surface area contributed by atoms with Crippen LogP contribution < -0.4 is 10.2 Å². The monoisotopic (exact) mass is 420 g/mol. The summed E-state index contributed by atoms with van der Waals surface area (Å²) in [6.07, 6.45) is 3.45. The Bertz CT molecular complexity index is 1260. The van der Waals surface area contributed by atoms with E-state index in [1.165, 1.54) is 23.5 Å². The van der Waals surface area contributed by atoms with Gasteiger partial charge >= 0.3 is 0 Å². The van der Waals surface area contributed by atoms with Crippen molar-refractivity contribution < 1.29 is 14.5 Å². The number of benzene rings is 2. The third-order valence-corrected chi connectivity index (χ3v) is 5.54. The van der Waals surface area contributed by atoms with Crippen molar-refractivity contribution >= 4 is 39.2 Å². The molecule has 30 heavy (non-hydrogen) atoms. The first-order valence-electron chi connectivity index (χ1n) is 8.88. The van der Waals surface area contributed by atoms with Crippen LogP contribution >= 0.6 is 11.3 Å². The number of ether oxygens (including phenoxy) is 1. The number of hydrazone groups is 1. The minimum absolute atomic E-state index is 0.00965. The summed E-state index contributed by atoms with van der Waals surface area (Å²) in [4.78, 5) is 23.3. The molecule has 1 N–H and O–H groups in total. The smallest absolute Gasteiger partial charge is 0.281 e. The van der Waals surface area contributed by atoms with Crippen molar-refractivity contribution in [1.29, 1.82) is 0 Å². The topological polar surface area (TPSA) is 98.8 Å². The van der Waals surface area contributed by atoms with Gasteiger partial charge in [-0.2, -0.15) is 5.10 Å². The molecule has 150 valence electrons.